The van der Waals surface area contributed by atoms with E-state index in [2.05, 4.69) is 31.0 Å². The number of ether oxygens (including phenoxy) is 2. The number of hydrogen-bond acceptors (Lipinski definition) is 6. The molecule has 246 valence electrons. The van der Waals surface area contributed by atoms with E-state index in [1.54, 1.807) is 26.8 Å². The van der Waals surface area contributed by atoms with E-state index in [0.29, 0.717) is 53.4 Å². The highest BCUT2D eigenvalue weighted by Gasteiger charge is 2.60. The standard InChI is InChI=1S/C36H35BrF3N3O4/c1-21-28(25-19-23(37)12-13-27(25)42-29(21)22-9-6-5-7-10-22)30(44)43-35-16-14-34(15-17-35,32(45)47-33(2,3)4)20-26(35)24-11-8-18-41-31(24)46-36(38,39)40/h5-13,18-19,26H,14-17,20H2,1-4H3,(H,43,44). The van der Waals surface area contributed by atoms with E-state index in [4.69, 9.17) is 9.72 Å². The Morgan fingerprint density at radius 1 is 0.979 bits per heavy atom. The number of pyridine rings is 2. The van der Waals surface area contributed by atoms with Crippen LogP contribution in [0.4, 0.5) is 13.2 Å². The first-order valence-corrected chi connectivity index (χ1v) is 16.3. The van der Waals surface area contributed by atoms with E-state index in [1.807, 2.05) is 55.5 Å². The number of esters is 1. The van der Waals surface area contributed by atoms with Crippen molar-refractivity contribution in [2.24, 2.45) is 5.41 Å². The van der Waals surface area contributed by atoms with Gasteiger partial charge in [-0.15, -0.1) is 13.2 Å². The lowest BCUT2D eigenvalue weighted by molar-refractivity contribution is -0.276. The van der Waals surface area contributed by atoms with Gasteiger partial charge in [-0.3, -0.25) is 9.59 Å². The second-order valence-corrected chi connectivity index (χ2v) is 14.5. The Balaban J connectivity index is 1.46. The van der Waals surface area contributed by atoms with Gasteiger partial charge in [0.1, 0.15) is 5.60 Å². The highest BCUT2D eigenvalue weighted by atomic mass is 79.9. The number of rotatable bonds is 6. The number of hydrogen-bond donors (Lipinski definition) is 1. The highest BCUT2D eigenvalue weighted by molar-refractivity contribution is 9.10. The topological polar surface area (TPSA) is 90.4 Å². The Bertz CT molecular complexity index is 1850. The molecular weight excluding hydrogens is 675 g/mol. The minimum Gasteiger partial charge on any atom is -0.460 e. The van der Waals surface area contributed by atoms with Crippen molar-refractivity contribution < 1.29 is 32.2 Å². The van der Waals surface area contributed by atoms with E-state index >= 15 is 0 Å². The number of nitrogens with zero attached hydrogens (tertiary/aromatic N) is 2. The molecule has 3 fully saturated rings. The van der Waals surface area contributed by atoms with Crippen LogP contribution in [0, 0.1) is 12.3 Å². The monoisotopic (exact) mass is 709 g/mol. The van der Waals surface area contributed by atoms with Crippen molar-refractivity contribution in [3.05, 3.63) is 88.0 Å². The summed E-state index contributed by atoms with van der Waals surface area (Å²) in [5.74, 6) is -2.07. The molecule has 0 radical (unpaired) electrons. The van der Waals surface area contributed by atoms with E-state index in [9.17, 15) is 22.8 Å². The maximum Gasteiger partial charge on any atom is 0.574 e. The van der Waals surface area contributed by atoms with Gasteiger partial charge in [0, 0.05) is 38.6 Å². The first-order chi connectivity index (χ1) is 22.1. The quantitative estimate of drug-likeness (QED) is 0.201. The lowest BCUT2D eigenvalue weighted by Gasteiger charge is -2.57. The van der Waals surface area contributed by atoms with E-state index in [0.717, 1.165) is 10.0 Å². The first kappa shape index (κ1) is 32.9. The van der Waals surface area contributed by atoms with Crippen molar-refractivity contribution in [2.75, 3.05) is 0 Å². The number of carbonyl (C=O) groups is 2. The van der Waals surface area contributed by atoms with Crippen molar-refractivity contribution in [2.45, 2.75) is 83.2 Å². The number of amides is 1. The molecular formula is C36H35BrF3N3O4. The Hall–Kier alpha value is -3.99. The molecule has 1 amide bonds. The van der Waals surface area contributed by atoms with Crippen molar-refractivity contribution in [1.29, 1.82) is 0 Å². The molecule has 0 saturated heterocycles. The third-order valence-electron chi connectivity index (χ3n) is 9.41. The Kier molecular flexibility index (Phi) is 8.35. The van der Waals surface area contributed by atoms with Gasteiger partial charge in [0.15, 0.2) is 0 Å². The second-order valence-electron chi connectivity index (χ2n) is 13.6. The van der Waals surface area contributed by atoms with Crippen molar-refractivity contribution in [1.82, 2.24) is 15.3 Å². The zero-order valence-corrected chi connectivity index (χ0v) is 28.1. The summed E-state index contributed by atoms with van der Waals surface area (Å²) in [6.07, 6.45) is -2.07. The molecule has 0 spiro atoms. The predicted molar refractivity (Wildman–Crippen MR) is 175 cm³/mol. The highest BCUT2D eigenvalue weighted by Crippen LogP contribution is 2.60. The zero-order chi connectivity index (χ0) is 33.8. The number of alkyl halides is 3. The van der Waals surface area contributed by atoms with Gasteiger partial charge in [-0.2, -0.15) is 0 Å². The maximum atomic E-state index is 14.6. The molecule has 3 aliphatic rings. The van der Waals surface area contributed by atoms with Crippen LogP contribution in [-0.2, 0) is 9.53 Å². The minimum atomic E-state index is -4.98. The van der Waals surface area contributed by atoms with Crippen molar-refractivity contribution in [3.63, 3.8) is 0 Å². The second kappa shape index (κ2) is 11.9. The summed E-state index contributed by atoms with van der Waals surface area (Å²) in [7, 11) is 0. The summed E-state index contributed by atoms with van der Waals surface area (Å²) < 4.78 is 51.8. The van der Waals surface area contributed by atoms with Crippen molar-refractivity contribution >= 4 is 38.7 Å². The molecule has 0 aliphatic heterocycles. The number of carbonyl (C=O) groups excluding carboxylic acids is 2. The number of benzene rings is 2. The van der Waals surface area contributed by atoms with Gasteiger partial charge in [0.25, 0.3) is 5.91 Å². The van der Waals surface area contributed by atoms with Gasteiger partial charge in [0.05, 0.1) is 22.2 Å². The number of nitrogens with one attached hydrogen (secondary N) is 1. The van der Waals surface area contributed by atoms with Crippen LogP contribution in [-0.4, -0.2) is 39.3 Å². The van der Waals surface area contributed by atoms with Crippen LogP contribution in [0.25, 0.3) is 22.2 Å². The van der Waals surface area contributed by atoms with Crippen LogP contribution in [0.5, 0.6) is 5.88 Å². The lowest BCUT2D eigenvalue weighted by Crippen LogP contribution is -2.62. The zero-order valence-electron chi connectivity index (χ0n) is 26.5. The lowest BCUT2D eigenvalue weighted by atomic mass is 9.51. The van der Waals surface area contributed by atoms with E-state index in [1.165, 1.54) is 12.3 Å². The Morgan fingerprint density at radius 3 is 2.34 bits per heavy atom. The Morgan fingerprint density at radius 2 is 1.68 bits per heavy atom. The van der Waals surface area contributed by atoms with E-state index in [-0.39, 0.29) is 23.9 Å². The normalized spacial score (nSPS) is 22.6. The molecule has 7 rings (SSSR count). The van der Waals surface area contributed by atoms with E-state index < -0.39 is 34.7 Å². The van der Waals surface area contributed by atoms with Gasteiger partial charge in [-0.1, -0.05) is 52.3 Å². The minimum absolute atomic E-state index is 0.166. The smallest absolute Gasteiger partial charge is 0.460 e. The number of fused-ring (bicyclic) bond motifs is 4. The van der Waals surface area contributed by atoms with Gasteiger partial charge >= 0.3 is 12.3 Å². The fourth-order valence-corrected chi connectivity index (χ4v) is 7.62. The molecule has 1 unspecified atom stereocenters. The summed E-state index contributed by atoms with van der Waals surface area (Å²) in [5, 5.41) is 3.95. The molecule has 7 nitrogen and oxygen atoms in total. The molecule has 1 N–H and O–H groups in total. The fraction of sp³-hybridized carbons (Fsp3) is 0.389. The predicted octanol–water partition coefficient (Wildman–Crippen LogP) is 8.82. The van der Waals surface area contributed by atoms with Gasteiger partial charge in [0.2, 0.25) is 5.88 Å². The number of halogens is 4. The molecule has 2 bridgehead atoms. The van der Waals surface area contributed by atoms with Crippen LogP contribution in [0.2, 0.25) is 0 Å². The van der Waals surface area contributed by atoms with Gasteiger partial charge in [-0.05, 0) is 89.6 Å². The van der Waals surface area contributed by atoms with Crippen LogP contribution < -0.4 is 10.1 Å². The summed E-state index contributed by atoms with van der Waals surface area (Å²) in [4.78, 5) is 37.2. The third-order valence-corrected chi connectivity index (χ3v) is 9.90. The first-order valence-electron chi connectivity index (χ1n) is 15.5. The maximum absolute atomic E-state index is 14.6. The molecule has 2 aromatic carbocycles. The molecule has 2 heterocycles. The van der Waals surface area contributed by atoms with Crippen LogP contribution in [0.15, 0.2) is 71.3 Å². The van der Waals surface area contributed by atoms with Crippen LogP contribution >= 0.6 is 15.9 Å². The molecule has 11 heteroatoms. The average Bonchev–Trinajstić information content (AvgIpc) is 3.00. The SMILES string of the molecule is Cc1c(-c2ccccc2)nc2ccc(Br)cc2c1C(=O)NC12CCC(C(=O)OC(C)(C)C)(CC1)CC2c1cccnc1OC(F)(F)F. The summed E-state index contributed by atoms with van der Waals surface area (Å²) in [5.41, 5.74) is 0.744. The molecule has 3 saturated carbocycles. The molecule has 47 heavy (non-hydrogen) atoms. The largest absolute Gasteiger partial charge is 0.574 e. The van der Waals surface area contributed by atoms with Crippen LogP contribution in [0.3, 0.4) is 0 Å². The average molecular weight is 711 g/mol. The third kappa shape index (κ3) is 6.46. The molecule has 2 aromatic heterocycles. The summed E-state index contributed by atoms with van der Waals surface area (Å²) >= 11 is 3.53. The fourth-order valence-electron chi connectivity index (χ4n) is 7.26. The van der Waals surface area contributed by atoms with Gasteiger partial charge < -0.3 is 14.8 Å². The summed E-state index contributed by atoms with van der Waals surface area (Å²) in [6, 6.07) is 18.2. The number of aromatic nitrogens is 2. The molecule has 3 aliphatic carbocycles. The molecule has 4 aromatic rings. The van der Waals surface area contributed by atoms with Gasteiger partial charge in [-0.25, -0.2) is 9.97 Å². The molecule has 1 atom stereocenters. The van der Waals surface area contributed by atoms with Crippen LogP contribution in [0.1, 0.15) is 80.3 Å². The summed E-state index contributed by atoms with van der Waals surface area (Å²) in [6.45, 7) is 7.21. The van der Waals surface area contributed by atoms with Crippen molar-refractivity contribution in [3.8, 4) is 17.1 Å². The Labute approximate surface area is 279 Å².